The van der Waals surface area contributed by atoms with E-state index in [0.29, 0.717) is 28.9 Å². The Morgan fingerprint density at radius 1 is 0.255 bits per heavy atom. The standard InChI is InChI=1S/C12H22O.C11H20O.C10H18O.C9H16O.C8H14O/c1-10(2)11(13)12(3)8-6-4-5-7-9-12;1-9(2)10(12)11(3)7-5-4-6-8-11;1-8(2)9(11)10(3)6-4-5-7-10;1-7(2)8(10)9(3)5-4-6-9;1-6(2)7(9)8(3)4-5-8/h10H,4-9H2,1-3H3;9H,4-8H2,1-3H3;8H,4-7H2,1-3H3;7H,4-6H2,1-3H3;6H,4-5H2,1-3H3. The number of hydrogen-bond acceptors (Lipinski definition) is 5. The number of carbonyl (C=O) groups excluding carboxylic acids is 5. The highest BCUT2D eigenvalue weighted by Crippen LogP contribution is 2.47. The zero-order chi connectivity index (χ0) is 42.4. The summed E-state index contributed by atoms with van der Waals surface area (Å²) in [6, 6.07) is 0. The molecule has 0 aromatic rings. The van der Waals surface area contributed by atoms with Gasteiger partial charge in [-0.05, 0) is 64.2 Å². The molecule has 5 aliphatic rings. The topological polar surface area (TPSA) is 85.3 Å². The van der Waals surface area contributed by atoms with Crippen LogP contribution in [-0.4, -0.2) is 28.9 Å². The van der Waals surface area contributed by atoms with Crippen molar-refractivity contribution < 1.29 is 24.0 Å². The molecule has 5 aliphatic carbocycles. The highest BCUT2D eigenvalue weighted by atomic mass is 16.1. The van der Waals surface area contributed by atoms with Gasteiger partial charge in [0.2, 0.25) is 0 Å². The Balaban J connectivity index is 0.000000346. The van der Waals surface area contributed by atoms with Crippen LogP contribution >= 0.6 is 0 Å². The zero-order valence-corrected chi connectivity index (χ0v) is 39.1. The molecule has 55 heavy (non-hydrogen) atoms. The Labute approximate surface area is 340 Å². The molecule has 5 fully saturated rings. The maximum atomic E-state index is 12.0. The normalized spacial score (nSPS) is 22.5. The minimum atomic E-state index is 0.00463. The fourth-order valence-electron chi connectivity index (χ4n) is 9.61. The summed E-state index contributed by atoms with van der Waals surface area (Å²) >= 11 is 0. The molecular formula is C50H90O5. The molecular weight excluding hydrogens is 681 g/mol. The maximum absolute atomic E-state index is 12.0. The quantitative estimate of drug-likeness (QED) is 0.207. The van der Waals surface area contributed by atoms with Crippen LogP contribution in [0.2, 0.25) is 0 Å². The smallest absolute Gasteiger partial charge is 0.141 e. The molecule has 0 unspecified atom stereocenters. The van der Waals surface area contributed by atoms with Gasteiger partial charge >= 0.3 is 0 Å². The van der Waals surface area contributed by atoms with Gasteiger partial charge in [0.25, 0.3) is 0 Å². The molecule has 5 nitrogen and oxygen atoms in total. The number of carbonyl (C=O) groups is 5. The Morgan fingerprint density at radius 3 is 0.545 bits per heavy atom. The molecule has 0 spiro atoms. The van der Waals surface area contributed by atoms with Crippen LogP contribution in [0.1, 0.15) is 232 Å². The second-order valence-corrected chi connectivity index (χ2v) is 21.4. The minimum absolute atomic E-state index is 0.00463. The first-order chi connectivity index (χ1) is 25.3. The molecule has 0 aromatic heterocycles. The molecule has 320 valence electrons. The summed E-state index contributed by atoms with van der Waals surface area (Å²) in [6.45, 7) is 30.6. The molecule has 0 amide bonds. The Kier molecular flexibility index (Phi) is 21.0. The van der Waals surface area contributed by atoms with Crippen molar-refractivity contribution in [3.8, 4) is 0 Å². The van der Waals surface area contributed by atoms with E-state index >= 15 is 0 Å². The third-order valence-corrected chi connectivity index (χ3v) is 13.9. The van der Waals surface area contributed by atoms with E-state index in [1.165, 1.54) is 64.2 Å². The Bertz CT molecular complexity index is 1200. The van der Waals surface area contributed by atoms with Crippen LogP contribution in [-0.2, 0) is 24.0 Å². The molecule has 5 heteroatoms. The van der Waals surface area contributed by atoms with Gasteiger partial charge in [0.05, 0.1) is 0 Å². The second kappa shape index (κ2) is 22.5. The summed E-state index contributed by atoms with van der Waals surface area (Å²) in [5.41, 5.74) is 0.216. The first-order valence-electron chi connectivity index (χ1n) is 23.0. The monoisotopic (exact) mass is 771 g/mol. The molecule has 0 saturated heterocycles. The lowest BCUT2D eigenvalue weighted by Crippen LogP contribution is -2.37. The van der Waals surface area contributed by atoms with Gasteiger partial charge in [-0.15, -0.1) is 0 Å². The van der Waals surface area contributed by atoms with Gasteiger partial charge < -0.3 is 0 Å². The number of Topliss-reactive ketones (excluding diaryl/α,β-unsaturated/α-hetero) is 5. The SMILES string of the molecule is CC(C)C(=O)C1(C)CC1.CC(C)C(=O)C1(C)CCC1.CC(C)C(=O)C1(C)CCCC1.CC(C)C(=O)C1(C)CCCCC1.CC(C)C(=O)C1(C)CCCCCC1. The van der Waals surface area contributed by atoms with E-state index < -0.39 is 0 Å². The highest BCUT2D eigenvalue weighted by molar-refractivity contribution is 5.89. The second-order valence-electron chi connectivity index (χ2n) is 21.4. The molecule has 0 atom stereocenters. The number of hydrogen-bond donors (Lipinski definition) is 0. The van der Waals surface area contributed by atoms with Crippen molar-refractivity contribution in [2.75, 3.05) is 0 Å². The minimum Gasteiger partial charge on any atom is -0.299 e. The summed E-state index contributed by atoms with van der Waals surface area (Å²) < 4.78 is 0. The summed E-state index contributed by atoms with van der Waals surface area (Å²) in [6.07, 6.45) is 23.8. The van der Waals surface area contributed by atoms with Crippen molar-refractivity contribution >= 4 is 28.9 Å². The fourth-order valence-corrected chi connectivity index (χ4v) is 9.61. The number of ketones is 5. The van der Waals surface area contributed by atoms with Crippen LogP contribution in [0.15, 0.2) is 0 Å². The van der Waals surface area contributed by atoms with E-state index in [0.717, 1.165) is 64.2 Å². The lowest BCUT2D eigenvalue weighted by Gasteiger charge is -2.37. The van der Waals surface area contributed by atoms with Crippen molar-refractivity contribution in [1.82, 2.24) is 0 Å². The van der Waals surface area contributed by atoms with Crippen LogP contribution in [0.3, 0.4) is 0 Å². The number of rotatable bonds is 10. The fraction of sp³-hybridized carbons (Fsp3) is 0.900. The molecule has 5 rings (SSSR count). The third-order valence-electron chi connectivity index (χ3n) is 13.9. The first kappa shape index (κ1) is 51.4. The van der Waals surface area contributed by atoms with Crippen LogP contribution in [0.4, 0.5) is 0 Å². The van der Waals surface area contributed by atoms with Gasteiger partial charge in [0, 0.05) is 56.7 Å². The van der Waals surface area contributed by atoms with Crippen LogP contribution in [0.25, 0.3) is 0 Å². The Morgan fingerprint density at radius 2 is 0.400 bits per heavy atom. The lowest BCUT2D eigenvalue weighted by molar-refractivity contribution is -0.135. The zero-order valence-electron chi connectivity index (χ0n) is 39.1. The van der Waals surface area contributed by atoms with Gasteiger partial charge in [-0.1, -0.05) is 168 Å². The van der Waals surface area contributed by atoms with Crippen molar-refractivity contribution in [2.45, 2.75) is 232 Å². The summed E-state index contributed by atoms with van der Waals surface area (Å²) in [7, 11) is 0. The van der Waals surface area contributed by atoms with Gasteiger partial charge in [-0.3, -0.25) is 24.0 Å². The molecule has 5 saturated carbocycles. The van der Waals surface area contributed by atoms with E-state index in [1.807, 2.05) is 69.2 Å². The lowest BCUT2D eigenvalue weighted by atomic mass is 9.65. The average Bonchev–Trinajstić information content (AvgIpc) is 3.79. The predicted octanol–water partition coefficient (Wildman–Crippen LogP) is 14.0. The van der Waals surface area contributed by atoms with Crippen LogP contribution in [0.5, 0.6) is 0 Å². The summed E-state index contributed by atoms with van der Waals surface area (Å²) in [4.78, 5) is 58.1. The largest absolute Gasteiger partial charge is 0.299 e. The van der Waals surface area contributed by atoms with E-state index in [-0.39, 0.29) is 56.7 Å². The molecule has 0 bridgehead atoms. The van der Waals surface area contributed by atoms with Crippen molar-refractivity contribution in [1.29, 1.82) is 0 Å². The predicted molar refractivity (Wildman–Crippen MR) is 232 cm³/mol. The molecule has 0 aliphatic heterocycles. The maximum Gasteiger partial charge on any atom is 0.141 e. The molecule has 0 aromatic carbocycles. The van der Waals surface area contributed by atoms with Gasteiger partial charge in [-0.2, -0.15) is 0 Å². The van der Waals surface area contributed by atoms with Crippen molar-refractivity contribution in [2.24, 2.45) is 56.7 Å². The van der Waals surface area contributed by atoms with Crippen LogP contribution in [0, 0.1) is 56.7 Å². The van der Waals surface area contributed by atoms with Crippen LogP contribution < -0.4 is 0 Å². The molecule has 0 N–H and O–H groups in total. The first-order valence-corrected chi connectivity index (χ1v) is 23.0. The van der Waals surface area contributed by atoms with Gasteiger partial charge in [0.1, 0.15) is 28.9 Å². The molecule has 0 heterocycles. The van der Waals surface area contributed by atoms with E-state index in [9.17, 15) is 24.0 Å². The summed E-state index contributed by atoms with van der Waals surface area (Å²) in [5.74, 6) is 3.44. The van der Waals surface area contributed by atoms with Crippen molar-refractivity contribution in [3.63, 3.8) is 0 Å². The highest BCUT2D eigenvalue weighted by Gasteiger charge is 2.45. The van der Waals surface area contributed by atoms with E-state index in [4.69, 9.17) is 0 Å². The van der Waals surface area contributed by atoms with Crippen molar-refractivity contribution in [3.05, 3.63) is 0 Å². The Hall–Kier alpha value is -1.65. The third kappa shape index (κ3) is 15.9. The summed E-state index contributed by atoms with van der Waals surface area (Å²) in [5, 5.41) is 0. The molecule has 0 radical (unpaired) electrons. The average molecular weight is 771 g/mol. The van der Waals surface area contributed by atoms with Gasteiger partial charge in [0.15, 0.2) is 0 Å². The van der Waals surface area contributed by atoms with Gasteiger partial charge in [-0.25, -0.2) is 0 Å². The van der Waals surface area contributed by atoms with E-state index in [1.54, 1.807) is 0 Å². The van der Waals surface area contributed by atoms with E-state index in [2.05, 4.69) is 34.6 Å².